The number of halogens is 2. The maximum absolute atomic E-state index is 9.35. The highest BCUT2D eigenvalue weighted by molar-refractivity contribution is 6.53. The van der Waals surface area contributed by atoms with Crippen molar-refractivity contribution in [3.63, 3.8) is 0 Å². The molecule has 0 amide bonds. The summed E-state index contributed by atoms with van der Waals surface area (Å²) in [7, 11) is 1.53. The summed E-state index contributed by atoms with van der Waals surface area (Å²) in [4.78, 5) is 3.99. The predicted octanol–water partition coefficient (Wildman–Crippen LogP) is 4.37. The molecule has 1 aromatic heterocycles. The van der Waals surface area contributed by atoms with Crippen LogP contribution >= 0.6 is 23.2 Å². The standard InChI is InChI=1S/C15H10Cl2N2O/c1-20-14-5-4-11(16)7-12(14)15(17)13(8-18)10-3-2-6-19-9-10/h2-7,9H,1H3/b15-13+. The SMILES string of the molecule is COc1ccc(Cl)cc1/C(Cl)=C(/C#N)c1cccnc1. The molecule has 0 aliphatic heterocycles. The minimum Gasteiger partial charge on any atom is -0.496 e. The van der Waals surface area contributed by atoms with E-state index in [1.54, 1.807) is 42.7 Å². The number of nitrogens with zero attached hydrogens (tertiary/aromatic N) is 2. The van der Waals surface area contributed by atoms with Crippen molar-refractivity contribution in [2.75, 3.05) is 7.11 Å². The van der Waals surface area contributed by atoms with Gasteiger partial charge in [-0.15, -0.1) is 0 Å². The van der Waals surface area contributed by atoms with Crippen molar-refractivity contribution in [1.29, 1.82) is 5.26 Å². The maximum atomic E-state index is 9.35. The summed E-state index contributed by atoms with van der Waals surface area (Å²) in [5, 5.41) is 10.1. The van der Waals surface area contributed by atoms with Gasteiger partial charge >= 0.3 is 0 Å². The van der Waals surface area contributed by atoms with E-state index in [4.69, 9.17) is 27.9 Å². The van der Waals surface area contributed by atoms with Crippen molar-refractivity contribution in [3.8, 4) is 11.8 Å². The van der Waals surface area contributed by atoms with Crippen LogP contribution in [-0.4, -0.2) is 12.1 Å². The fourth-order valence-corrected chi connectivity index (χ4v) is 2.21. The van der Waals surface area contributed by atoms with Gasteiger partial charge in [0.2, 0.25) is 0 Å². The van der Waals surface area contributed by atoms with Gasteiger partial charge in [-0.3, -0.25) is 4.98 Å². The van der Waals surface area contributed by atoms with E-state index in [0.717, 1.165) is 0 Å². The van der Waals surface area contributed by atoms with Gasteiger partial charge < -0.3 is 4.74 Å². The third-order valence-electron chi connectivity index (χ3n) is 2.68. The molecule has 0 aliphatic rings. The van der Waals surface area contributed by atoms with E-state index >= 15 is 0 Å². The molecule has 0 radical (unpaired) electrons. The minimum absolute atomic E-state index is 0.278. The zero-order valence-electron chi connectivity index (χ0n) is 10.6. The molecule has 0 unspecified atom stereocenters. The number of aromatic nitrogens is 1. The summed E-state index contributed by atoms with van der Waals surface area (Å²) in [6, 6.07) is 10.7. The molecule has 2 rings (SSSR count). The van der Waals surface area contributed by atoms with Crippen molar-refractivity contribution in [2.45, 2.75) is 0 Å². The van der Waals surface area contributed by atoms with Gasteiger partial charge in [-0.25, -0.2) is 0 Å². The Morgan fingerprint density at radius 3 is 2.75 bits per heavy atom. The summed E-state index contributed by atoms with van der Waals surface area (Å²) < 4.78 is 5.25. The van der Waals surface area contributed by atoms with Crippen LogP contribution < -0.4 is 4.74 Å². The lowest BCUT2D eigenvalue weighted by Crippen LogP contribution is -1.92. The van der Waals surface area contributed by atoms with Gasteiger partial charge in [0, 0.05) is 28.5 Å². The van der Waals surface area contributed by atoms with Crippen LogP contribution in [0.4, 0.5) is 0 Å². The van der Waals surface area contributed by atoms with Crippen LogP contribution in [0.1, 0.15) is 11.1 Å². The Hall–Kier alpha value is -2.02. The number of hydrogen-bond donors (Lipinski definition) is 0. The van der Waals surface area contributed by atoms with E-state index in [-0.39, 0.29) is 5.03 Å². The van der Waals surface area contributed by atoms with Gasteiger partial charge in [-0.1, -0.05) is 29.3 Å². The monoisotopic (exact) mass is 304 g/mol. The van der Waals surface area contributed by atoms with Gasteiger partial charge in [0.05, 0.1) is 17.7 Å². The maximum Gasteiger partial charge on any atom is 0.127 e. The first kappa shape index (κ1) is 14.4. The molecule has 0 N–H and O–H groups in total. The Labute approximate surface area is 127 Å². The van der Waals surface area contributed by atoms with E-state index in [9.17, 15) is 5.26 Å². The summed E-state index contributed by atoms with van der Waals surface area (Å²) in [5.74, 6) is 0.552. The van der Waals surface area contributed by atoms with Crippen molar-refractivity contribution in [2.24, 2.45) is 0 Å². The average molecular weight is 305 g/mol. The Morgan fingerprint density at radius 1 is 1.35 bits per heavy atom. The number of allylic oxidation sites excluding steroid dienone is 1. The highest BCUT2D eigenvalue weighted by Crippen LogP contribution is 2.36. The lowest BCUT2D eigenvalue weighted by molar-refractivity contribution is 0.414. The van der Waals surface area contributed by atoms with Crippen LogP contribution in [0.5, 0.6) is 5.75 Å². The molecule has 2 aromatic rings. The molecular formula is C15H10Cl2N2O. The van der Waals surface area contributed by atoms with Crippen LogP contribution in [0.2, 0.25) is 5.02 Å². The lowest BCUT2D eigenvalue weighted by Gasteiger charge is -2.10. The van der Waals surface area contributed by atoms with Gasteiger partial charge in [-0.05, 0) is 24.3 Å². The smallest absolute Gasteiger partial charge is 0.127 e. The molecule has 0 fully saturated rings. The first-order valence-corrected chi connectivity index (χ1v) is 6.47. The summed E-state index contributed by atoms with van der Waals surface area (Å²) >= 11 is 12.3. The van der Waals surface area contributed by atoms with Crippen molar-refractivity contribution in [1.82, 2.24) is 4.98 Å². The van der Waals surface area contributed by atoms with Crippen LogP contribution in [-0.2, 0) is 0 Å². The van der Waals surface area contributed by atoms with Crippen LogP contribution in [0, 0.1) is 11.3 Å². The highest BCUT2D eigenvalue weighted by atomic mass is 35.5. The second-order valence-corrected chi connectivity index (χ2v) is 4.70. The Morgan fingerprint density at radius 2 is 2.15 bits per heavy atom. The number of pyridine rings is 1. The molecule has 0 saturated carbocycles. The summed E-state index contributed by atoms with van der Waals surface area (Å²) in [5.41, 5.74) is 1.53. The fraction of sp³-hybridized carbons (Fsp3) is 0.0667. The molecule has 0 atom stereocenters. The largest absolute Gasteiger partial charge is 0.496 e. The third-order valence-corrected chi connectivity index (χ3v) is 3.31. The van der Waals surface area contributed by atoms with E-state index in [1.165, 1.54) is 7.11 Å². The Balaban J connectivity index is 2.64. The Kier molecular flexibility index (Phi) is 4.62. The zero-order chi connectivity index (χ0) is 14.5. The molecule has 0 spiro atoms. The van der Waals surface area contributed by atoms with Crippen molar-refractivity contribution in [3.05, 3.63) is 58.9 Å². The third kappa shape index (κ3) is 2.93. The molecule has 3 nitrogen and oxygen atoms in total. The first-order chi connectivity index (χ1) is 9.67. The number of nitriles is 1. The molecule has 100 valence electrons. The summed E-state index contributed by atoms with van der Waals surface area (Å²) in [6.07, 6.45) is 3.21. The highest BCUT2D eigenvalue weighted by Gasteiger charge is 2.14. The van der Waals surface area contributed by atoms with Crippen molar-refractivity contribution >= 4 is 33.8 Å². The Bertz CT molecular complexity index is 691. The minimum atomic E-state index is 0.278. The van der Waals surface area contributed by atoms with Crippen LogP contribution in [0.3, 0.4) is 0 Å². The number of methoxy groups -OCH3 is 1. The predicted molar refractivity (Wildman–Crippen MR) is 80.5 cm³/mol. The molecule has 0 saturated heterocycles. The van der Waals surface area contributed by atoms with Crippen LogP contribution in [0.15, 0.2) is 42.7 Å². The second-order valence-electron chi connectivity index (χ2n) is 3.89. The zero-order valence-corrected chi connectivity index (χ0v) is 12.1. The molecule has 5 heteroatoms. The lowest BCUT2D eigenvalue weighted by atomic mass is 10.0. The number of ether oxygens (including phenoxy) is 1. The van der Waals surface area contributed by atoms with Crippen LogP contribution in [0.25, 0.3) is 10.6 Å². The van der Waals surface area contributed by atoms with Crippen molar-refractivity contribution < 1.29 is 4.74 Å². The topological polar surface area (TPSA) is 45.9 Å². The second kappa shape index (κ2) is 6.42. The van der Waals surface area contributed by atoms with E-state index in [1.807, 2.05) is 0 Å². The molecule has 1 aromatic carbocycles. The number of hydrogen-bond acceptors (Lipinski definition) is 3. The van der Waals surface area contributed by atoms with Gasteiger partial charge in [-0.2, -0.15) is 5.26 Å². The van der Waals surface area contributed by atoms with E-state index in [2.05, 4.69) is 11.1 Å². The number of benzene rings is 1. The molecule has 1 heterocycles. The van der Waals surface area contributed by atoms with Gasteiger partial charge in [0.1, 0.15) is 11.8 Å². The van der Waals surface area contributed by atoms with Gasteiger partial charge in [0.25, 0.3) is 0 Å². The normalized spacial score (nSPS) is 11.5. The molecule has 0 aliphatic carbocycles. The molecule has 0 bridgehead atoms. The molecule has 20 heavy (non-hydrogen) atoms. The quantitative estimate of drug-likeness (QED) is 0.791. The number of rotatable bonds is 3. The summed E-state index contributed by atoms with van der Waals surface area (Å²) in [6.45, 7) is 0. The first-order valence-electron chi connectivity index (χ1n) is 5.71. The van der Waals surface area contributed by atoms with E-state index < -0.39 is 0 Å². The molecular weight excluding hydrogens is 295 g/mol. The van der Waals surface area contributed by atoms with Gasteiger partial charge in [0.15, 0.2) is 0 Å². The van der Waals surface area contributed by atoms with E-state index in [0.29, 0.717) is 27.5 Å². The average Bonchev–Trinajstić information content (AvgIpc) is 2.49. The fourth-order valence-electron chi connectivity index (χ4n) is 1.74.